The van der Waals surface area contributed by atoms with Gasteiger partial charge in [-0.1, -0.05) is 6.58 Å². The van der Waals surface area contributed by atoms with Crippen LogP contribution in [0.1, 0.15) is 13.8 Å². The Kier molecular flexibility index (Phi) is 1.82. The minimum atomic E-state index is -0.248. The van der Waals surface area contributed by atoms with Crippen molar-refractivity contribution < 1.29 is 0 Å². The first kappa shape index (κ1) is 6.48. The van der Waals surface area contributed by atoms with Crippen LogP contribution in [-0.2, 0) is 0 Å². The molecule has 0 aliphatic rings. The highest BCUT2D eigenvalue weighted by atomic mass is 14.7. The maximum absolute atomic E-state index is 5.49. The molecule has 1 nitrogen and oxygen atoms in total. The van der Waals surface area contributed by atoms with Gasteiger partial charge in [0.1, 0.15) is 0 Å². The van der Waals surface area contributed by atoms with Crippen molar-refractivity contribution in [3.8, 4) is 0 Å². The van der Waals surface area contributed by atoms with Crippen molar-refractivity contribution in [3.05, 3.63) is 18.4 Å². The zero-order valence-electron chi connectivity index (χ0n) is 4.86. The topological polar surface area (TPSA) is 26.0 Å². The van der Waals surface area contributed by atoms with Crippen LogP contribution in [0.25, 0.3) is 0 Å². The molecule has 1 heteroatoms. The molecule has 0 fully saturated rings. The summed E-state index contributed by atoms with van der Waals surface area (Å²) >= 11 is 0. The van der Waals surface area contributed by atoms with Gasteiger partial charge < -0.3 is 5.73 Å². The summed E-state index contributed by atoms with van der Waals surface area (Å²) < 4.78 is 0. The van der Waals surface area contributed by atoms with E-state index in [-0.39, 0.29) is 5.54 Å². The SMILES string of the molecule is C=C=CC(C)(C)N. The number of nitrogens with two attached hydrogens (primary N) is 1. The number of hydrogen-bond donors (Lipinski definition) is 1. The van der Waals surface area contributed by atoms with Crippen molar-refractivity contribution in [2.75, 3.05) is 0 Å². The molecule has 0 aliphatic heterocycles. The smallest absolute Gasteiger partial charge is 0.0356 e. The normalized spacial score (nSPS) is 10.1. The van der Waals surface area contributed by atoms with E-state index in [4.69, 9.17) is 5.73 Å². The molecular formula is C6H11N. The summed E-state index contributed by atoms with van der Waals surface area (Å²) in [6.45, 7) is 7.17. The molecule has 0 saturated heterocycles. The highest BCUT2D eigenvalue weighted by Crippen LogP contribution is 1.94. The zero-order chi connectivity index (χ0) is 5.91. The summed E-state index contributed by atoms with van der Waals surface area (Å²) in [7, 11) is 0. The van der Waals surface area contributed by atoms with Crippen LogP contribution in [0.2, 0.25) is 0 Å². The highest BCUT2D eigenvalue weighted by molar-refractivity contribution is 4.95. The molecule has 0 unspecified atom stereocenters. The van der Waals surface area contributed by atoms with Gasteiger partial charge in [-0.25, -0.2) is 0 Å². The molecule has 7 heavy (non-hydrogen) atoms. The Labute approximate surface area is 44.5 Å². The summed E-state index contributed by atoms with van der Waals surface area (Å²) in [4.78, 5) is 0. The molecule has 0 amide bonds. The Hall–Kier alpha value is -0.520. The predicted molar refractivity (Wildman–Crippen MR) is 32.0 cm³/mol. The van der Waals surface area contributed by atoms with Gasteiger partial charge in [-0.3, -0.25) is 0 Å². The van der Waals surface area contributed by atoms with Gasteiger partial charge in [0, 0.05) is 5.54 Å². The lowest BCUT2D eigenvalue weighted by molar-refractivity contribution is 0.655. The number of rotatable bonds is 1. The van der Waals surface area contributed by atoms with Crippen LogP contribution in [0.5, 0.6) is 0 Å². The van der Waals surface area contributed by atoms with E-state index in [1.807, 2.05) is 13.8 Å². The van der Waals surface area contributed by atoms with E-state index in [1.54, 1.807) is 6.08 Å². The molecule has 0 bridgehead atoms. The molecule has 0 atom stereocenters. The molecule has 0 saturated carbocycles. The first-order chi connectivity index (χ1) is 3.06. The minimum absolute atomic E-state index is 0.248. The molecule has 0 radical (unpaired) electrons. The molecule has 0 aromatic heterocycles. The minimum Gasteiger partial charge on any atom is -0.322 e. The van der Waals surface area contributed by atoms with E-state index in [9.17, 15) is 0 Å². The third-order valence-corrected chi connectivity index (χ3v) is 0.474. The standard InChI is InChI=1S/C6H11N/c1-4-5-6(2,3)7/h5H,1,7H2,2-3H3. The summed E-state index contributed by atoms with van der Waals surface area (Å²) in [5, 5.41) is 0. The van der Waals surface area contributed by atoms with Crippen LogP contribution in [0.4, 0.5) is 0 Å². The Morgan fingerprint density at radius 2 is 2.14 bits per heavy atom. The summed E-state index contributed by atoms with van der Waals surface area (Å²) in [6.07, 6.45) is 1.73. The fraction of sp³-hybridized carbons (Fsp3) is 0.500. The van der Waals surface area contributed by atoms with Crippen molar-refractivity contribution >= 4 is 0 Å². The Balaban J connectivity index is 3.80. The van der Waals surface area contributed by atoms with Crippen molar-refractivity contribution in [1.29, 1.82) is 0 Å². The molecule has 0 rings (SSSR count). The molecule has 2 N–H and O–H groups in total. The molecule has 0 spiro atoms. The molecule has 0 aliphatic carbocycles. The molecule has 0 aromatic rings. The second kappa shape index (κ2) is 1.97. The van der Waals surface area contributed by atoms with Gasteiger partial charge in [0.25, 0.3) is 0 Å². The lowest BCUT2D eigenvalue weighted by atomic mass is 10.1. The first-order valence-corrected chi connectivity index (χ1v) is 2.22. The highest BCUT2D eigenvalue weighted by Gasteiger charge is 2.01. The van der Waals surface area contributed by atoms with E-state index < -0.39 is 0 Å². The van der Waals surface area contributed by atoms with E-state index in [0.29, 0.717) is 0 Å². The second-order valence-corrected chi connectivity index (χ2v) is 2.17. The monoisotopic (exact) mass is 97.1 g/mol. The Morgan fingerprint density at radius 1 is 1.71 bits per heavy atom. The van der Waals surface area contributed by atoms with E-state index in [0.717, 1.165) is 0 Å². The van der Waals surface area contributed by atoms with Gasteiger partial charge in [-0.15, -0.1) is 5.73 Å². The fourth-order valence-electron chi connectivity index (χ4n) is 0.263. The third-order valence-electron chi connectivity index (χ3n) is 0.474. The van der Waals surface area contributed by atoms with Crippen LogP contribution in [0.15, 0.2) is 18.4 Å². The van der Waals surface area contributed by atoms with Gasteiger partial charge >= 0.3 is 0 Å². The second-order valence-electron chi connectivity index (χ2n) is 2.17. The van der Waals surface area contributed by atoms with Crippen molar-refractivity contribution in [2.45, 2.75) is 19.4 Å². The summed E-state index contributed by atoms with van der Waals surface area (Å²) in [5.74, 6) is 0. The van der Waals surface area contributed by atoms with Gasteiger partial charge in [-0.05, 0) is 19.9 Å². The van der Waals surface area contributed by atoms with Crippen molar-refractivity contribution in [3.63, 3.8) is 0 Å². The molecule has 40 valence electrons. The van der Waals surface area contributed by atoms with E-state index >= 15 is 0 Å². The average molecular weight is 97.2 g/mol. The largest absolute Gasteiger partial charge is 0.322 e. The van der Waals surface area contributed by atoms with E-state index in [2.05, 4.69) is 12.3 Å². The van der Waals surface area contributed by atoms with Crippen LogP contribution >= 0.6 is 0 Å². The molecule has 0 heterocycles. The zero-order valence-corrected chi connectivity index (χ0v) is 4.86. The van der Waals surface area contributed by atoms with Gasteiger partial charge in [0.15, 0.2) is 0 Å². The van der Waals surface area contributed by atoms with E-state index in [1.165, 1.54) is 0 Å². The van der Waals surface area contributed by atoms with Gasteiger partial charge in [0.2, 0.25) is 0 Å². The van der Waals surface area contributed by atoms with Gasteiger partial charge in [0.05, 0.1) is 0 Å². The molecule has 0 aromatic carbocycles. The molecular weight excluding hydrogens is 86.1 g/mol. The van der Waals surface area contributed by atoms with Gasteiger partial charge in [-0.2, -0.15) is 0 Å². The van der Waals surface area contributed by atoms with Crippen molar-refractivity contribution in [2.24, 2.45) is 5.73 Å². The van der Waals surface area contributed by atoms with Crippen LogP contribution < -0.4 is 5.73 Å². The Morgan fingerprint density at radius 3 is 2.14 bits per heavy atom. The van der Waals surface area contributed by atoms with Crippen LogP contribution in [0.3, 0.4) is 0 Å². The quantitative estimate of drug-likeness (QED) is 0.486. The maximum atomic E-state index is 5.49. The average Bonchev–Trinajstić information content (AvgIpc) is 1.30. The first-order valence-electron chi connectivity index (χ1n) is 2.22. The van der Waals surface area contributed by atoms with Crippen LogP contribution in [-0.4, -0.2) is 5.54 Å². The number of hydrogen-bond acceptors (Lipinski definition) is 1. The fourth-order valence-corrected chi connectivity index (χ4v) is 0.263. The predicted octanol–water partition coefficient (Wildman–Crippen LogP) is 1.06. The maximum Gasteiger partial charge on any atom is 0.0356 e. The Bertz CT molecular complexity index is 91.2. The van der Waals surface area contributed by atoms with Crippen molar-refractivity contribution in [1.82, 2.24) is 0 Å². The summed E-state index contributed by atoms with van der Waals surface area (Å²) in [6, 6.07) is 0. The third kappa shape index (κ3) is 5.48. The lowest BCUT2D eigenvalue weighted by Crippen LogP contribution is -2.28. The van der Waals surface area contributed by atoms with Crippen LogP contribution in [0, 0.1) is 0 Å². The summed E-state index contributed by atoms with van der Waals surface area (Å²) in [5.41, 5.74) is 7.85. The lowest BCUT2D eigenvalue weighted by Gasteiger charge is -2.08.